The number of benzene rings is 2. The maximum absolute atomic E-state index is 13.6. The second-order valence-corrected chi connectivity index (χ2v) is 5.61. The Bertz CT molecular complexity index is 757. The molecular weight excluding hydrogens is 345 g/mol. The van der Waals surface area contributed by atoms with Crippen LogP contribution < -0.4 is 14.8 Å². The molecule has 0 aliphatic heterocycles. The van der Waals surface area contributed by atoms with Gasteiger partial charge in [0.25, 0.3) is 0 Å². The molecule has 25 heavy (non-hydrogen) atoms. The molecule has 0 atom stereocenters. The van der Waals surface area contributed by atoms with Crippen molar-refractivity contribution in [1.29, 1.82) is 0 Å². The first-order chi connectivity index (χ1) is 12.0. The lowest BCUT2D eigenvalue weighted by atomic mass is 10.1. The lowest BCUT2D eigenvalue weighted by molar-refractivity contribution is -0.116. The van der Waals surface area contributed by atoms with E-state index in [1.807, 2.05) is 18.2 Å². The van der Waals surface area contributed by atoms with E-state index < -0.39 is 5.82 Å². The average Bonchev–Trinajstić information content (AvgIpc) is 2.61. The molecule has 4 nitrogen and oxygen atoms in total. The molecule has 2 aromatic carbocycles. The first-order valence-corrected chi connectivity index (χ1v) is 8.03. The molecule has 1 amide bonds. The van der Waals surface area contributed by atoms with Crippen molar-refractivity contribution < 1.29 is 18.7 Å². The highest BCUT2D eigenvalue weighted by Gasteiger charge is 2.06. The topological polar surface area (TPSA) is 47.6 Å². The molecule has 2 aromatic rings. The van der Waals surface area contributed by atoms with Crippen LogP contribution in [0, 0.1) is 5.82 Å². The monoisotopic (exact) mass is 363 g/mol. The van der Waals surface area contributed by atoms with Crippen molar-refractivity contribution in [2.75, 3.05) is 20.8 Å². The van der Waals surface area contributed by atoms with Gasteiger partial charge >= 0.3 is 0 Å². The Morgan fingerprint density at radius 2 is 1.96 bits per heavy atom. The fourth-order valence-corrected chi connectivity index (χ4v) is 2.48. The Hall–Kier alpha value is -2.53. The molecule has 0 saturated heterocycles. The summed E-state index contributed by atoms with van der Waals surface area (Å²) in [6, 6.07) is 9.95. The summed E-state index contributed by atoms with van der Waals surface area (Å²) >= 11 is 5.91. The highest BCUT2D eigenvalue weighted by Crippen LogP contribution is 2.27. The van der Waals surface area contributed by atoms with E-state index in [1.54, 1.807) is 20.3 Å². The van der Waals surface area contributed by atoms with Gasteiger partial charge in [-0.25, -0.2) is 4.39 Å². The summed E-state index contributed by atoms with van der Waals surface area (Å²) in [7, 11) is 3.15. The molecule has 1 N–H and O–H groups in total. The maximum atomic E-state index is 13.6. The molecule has 0 saturated carbocycles. The minimum atomic E-state index is -0.470. The van der Waals surface area contributed by atoms with Gasteiger partial charge in [0.1, 0.15) is 5.82 Å². The Kier molecular flexibility index (Phi) is 6.83. The van der Waals surface area contributed by atoms with Crippen molar-refractivity contribution >= 4 is 23.6 Å². The molecule has 6 heteroatoms. The van der Waals surface area contributed by atoms with Gasteiger partial charge in [-0.3, -0.25) is 4.79 Å². The summed E-state index contributed by atoms with van der Waals surface area (Å²) in [6.45, 7) is 0.434. The molecule has 0 aliphatic rings. The molecule has 0 bridgehead atoms. The quantitative estimate of drug-likeness (QED) is 0.760. The summed E-state index contributed by atoms with van der Waals surface area (Å²) in [5.74, 6) is 0.502. The van der Waals surface area contributed by atoms with Crippen molar-refractivity contribution in [2.24, 2.45) is 0 Å². The van der Waals surface area contributed by atoms with E-state index in [4.69, 9.17) is 21.1 Å². The fourth-order valence-electron chi connectivity index (χ4n) is 2.25. The summed E-state index contributed by atoms with van der Waals surface area (Å²) in [6.07, 6.45) is 3.25. The Morgan fingerprint density at radius 3 is 2.64 bits per heavy atom. The van der Waals surface area contributed by atoms with Gasteiger partial charge < -0.3 is 14.8 Å². The van der Waals surface area contributed by atoms with Gasteiger partial charge in [-0.15, -0.1) is 0 Å². The highest BCUT2D eigenvalue weighted by molar-refractivity contribution is 6.32. The second-order valence-electron chi connectivity index (χ2n) is 5.20. The van der Waals surface area contributed by atoms with E-state index >= 15 is 0 Å². The number of ether oxygens (including phenoxy) is 2. The van der Waals surface area contributed by atoms with Crippen LogP contribution in [0.3, 0.4) is 0 Å². The Morgan fingerprint density at radius 1 is 1.20 bits per heavy atom. The van der Waals surface area contributed by atoms with Gasteiger partial charge in [0.2, 0.25) is 5.91 Å². The number of hydrogen-bond donors (Lipinski definition) is 1. The largest absolute Gasteiger partial charge is 0.493 e. The van der Waals surface area contributed by atoms with Gasteiger partial charge in [-0.05, 0) is 42.3 Å². The number of rotatable bonds is 7. The lowest BCUT2D eigenvalue weighted by Crippen LogP contribution is -2.23. The zero-order valence-corrected chi connectivity index (χ0v) is 14.8. The number of nitrogens with one attached hydrogen (secondary N) is 1. The third-order valence-electron chi connectivity index (χ3n) is 3.56. The second kappa shape index (κ2) is 9.08. The van der Waals surface area contributed by atoms with Crippen LogP contribution in [-0.4, -0.2) is 26.7 Å². The molecule has 0 heterocycles. The van der Waals surface area contributed by atoms with Crippen LogP contribution in [0.5, 0.6) is 11.5 Å². The van der Waals surface area contributed by atoms with Crippen LogP contribution in [0.15, 0.2) is 42.5 Å². The van der Waals surface area contributed by atoms with Crippen LogP contribution in [-0.2, 0) is 11.2 Å². The van der Waals surface area contributed by atoms with Crippen LogP contribution in [0.2, 0.25) is 5.02 Å². The van der Waals surface area contributed by atoms with E-state index in [-0.39, 0.29) is 16.5 Å². The molecular formula is C19H19ClFNO3. The molecule has 132 valence electrons. The molecule has 2 rings (SSSR count). The van der Waals surface area contributed by atoms with Gasteiger partial charge in [0.15, 0.2) is 11.5 Å². The molecule has 0 spiro atoms. The summed E-state index contributed by atoms with van der Waals surface area (Å²) in [5.41, 5.74) is 1.19. The number of methoxy groups -OCH3 is 2. The van der Waals surface area contributed by atoms with Gasteiger partial charge in [0, 0.05) is 18.2 Å². The predicted octanol–water partition coefficient (Wildman–Crippen LogP) is 3.87. The van der Waals surface area contributed by atoms with Crippen molar-refractivity contribution in [1.82, 2.24) is 5.32 Å². The summed E-state index contributed by atoms with van der Waals surface area (Å²) in [5, 5.41) is 3.00. The minimum absolute atomic E-state index is 0.194. The maximum Gasteiger partial charge on any atom is 0.244 e. The van der Waals surface area contributed by atoms with E-state index in [0.29, 0.717) is 24.5 Å². The molecule has 0 fully saturated rings. The third kappa shape index (κ3) is 5.22. The van der Waals surface area contributed by atoms with E-state index in [9.17, 15) is 9.18 Å². The zero-order chi connectivity index (χ0) is 18.2. The molecule has 0 aromatic heterocycles. The SMILES string of the molecule is COc1ccc(CCNC(=O)/C=C/c2c(F)cccc2Cl)cc1OC. The van der Waals surface area contributed by atoms with Crippen LogP contribution in [0.4, 0.5) is 4.39 Å². The standard InChI is InChI=1S/C19H19ClFNO3/c1-24-17-8-6-13(12-18(17)25-2)10-11-22-19(23)9-7-14-15(20)4-3-5-16(14)21/h3-9,12H,10-11H2,1-2H3,(H,22,23)/b9-7+. The van der Waals surface area contributed by atoms with E-state index in [1.165, 1.54) is 24.3 Å². The molecule has 0 radical (unpaired) electrons. The van der Waals surface area contributed by atoms with Gasteiger partial charge in [-0.2, -0.15) is 0 Å². The predicted molar refractivity (Wildman–Crippen MR) is 96.7 cm³/mol. The summed E-state index contributed by atoms with van der Waals surface area (Å²) in [4.78, 5) is 11.8. The minimum Gasteiger partial charge on any atom is -0.493 e. The van der Waals surface area contributed by atoms with Crippen molar-refractivity contribution in [2.45, 2.75) is 6.42 Å². The number of carbonyl (C=O) groups is 1. The number of amides is 1. The molecule has 0 aliphatic carbocycles. The number of halogens is 2. The normalized spacial score (nSPS) is 10.7. The Labute approximate surface area is 151 Å². The van der Waals surface area contributed by atoms with Crippen molar-refractivity contribution in [3.63, 3.8) is 0 Å². The average molecular weight is 364 g/mol. The first-order valence-electron chi connectivity index (χ1n) is 7.66. The number of hydrogen-bond acceptors (Lipinski definition) is 3. The highest BCUT2D eigenvalue weighted by atomic mass is 35.5. The fraction of sp³-hybridized carbons (Fsp3) is 0.211. The molecule has 0 unspecified atom stereocenters. The van der Waals surface area contributed by atoms with E-state index in [0.717, 1.165) is 5.56 Å². The Balaban J connectivity index is 1.89. The zero-order valence-electron chi connectivity index (χ0n) is 14.0. The van der Waals surface area contributed by atoms with E-state index in [2.05, 4.69) is 5.32 Å². The third-order valence-corrected chi connectivity index (χ3v) is 3.89. The van der Waals surface area contributed by atoms with Crippen molar-refractivity contribution in [3.8, 4) is 11.5 Å². The van der Waals surface area contributed by atoms with Crippen LogP contribution in [0.25, 0.3) is 6.08 Å². The smallest absolute Gasteiger partial charge is 0.244 e. The van der Waals surface area contributed by atoms with Crippen LogP contribution >= 0.6 is 11.6 Å². The van der Waals surface area contributed by atoms with Gasteiger partial charge in [0.05, 0.1) is 19.2 Å². The lowest BCUT2D eigenvalue weighted by Gasteiger charge is -2.09. The van der Waals surface area contributed by atoms with Crippen LogP contribution in [0.1, 0.15) is 11.1 Å². The summed E-state index contributed by atoms with van der Waals surface area (Å²) < 4.78 is 24.0. The number of carbonyl (C=O) groups excluding carboxylic acids is 1. The van der Waals surface area contributed by atoms with Crippen molar-refractivity contribution in [3.05, 3.63) is 64.4 Å². The van der Waals surface area contributed by atoms with Gasteiger partial charge in [-0.1, -0.05) is 23.7 Å². The first kappa shape index (κ1) is 18.8.